The Kier molecular flexibility index (Phi) is 3.48. The van der Waals surface area contributed by atoms with Crippen molar-refractivity contribution in [3.8, 4) is 5.69 Å². The van der Waals surface area contributed by atoms with Gasteiger partial charge in [0.1, 0.15) is 17.3 Å². The minimum absolute atomic E-state index is 0.321. The van der Waals surface area contributed by atoms with Crippen molar-refractivity contribution >= 4 is 22.2 Å². The number of benzene rings is 2. The number of aliphatic hydroxyl groups excluding tert-OH is 2. The smallest absolute Gasteiger partial charge is 0.182 e. The number of aromatic nitrogens is 4. The van der Waals surface area contributed by atoms with Crippen LogP contribution in [0, 0.1) is 0 Å². The molecule has 0 aliphatic heterocycles. The van der Waals surface area contributed by atoms with Gasteiger partial charge in [-0.3, -0.25) is 0 Å². The fraction of sp³-hybridized carbons (Fsp3) is 0.167. The Labute approximate surface area is 138 Å². The molecule has 1 unspecified atom stereocenters. The number of fused-ring (bicyclic) bond motifs is 2. The van der Waals surface area contributed by atoms with E-state index in [4.69, 9.17) is 0 Å². The quantitative estimate of drug-likeness (QED) is 0.605. The lowest BCUT2D eigenvalue weighted by Crippen LogP contribution is -2.15. The Bertz CT molecular complexity index is 1010. The van der Waals surface area contributed by atoms with Crippen LogP contribution >= 0.6 is 0 Å². The van der Waals surface area contributed by atoms with E-state index in [1.54, 1.807) is 4.68 Å². The molecule has 120 valence electrons. The summed E-state index contributed by atoms with van der Waals surface area (Å²) in [4.78, 5) is 9.27. The monoisotopic (exact) mass is 320 g/mol. The van der Waals surface area contributed by atoms with E-state index >= 15 is 0 Å². The molecule has 0 amide bonds. The average Bonchev–Trinajstić information content (AvgIpc) is 2.98. The molecule has 0 radical (unpaired) electrons. The molecule has 2 atom stereocenters. The summed E-state index contributed by atoms with van der Waals surface area (Å²) in [5.74, 6) is 0. The standard InChI is InChI=1S/C18H16N4O2/c1-11(23)17(24)15-16-18(20-14-10-6-5-9-13(14)19-16)22(21-15)12-7-3-2-4-8-12/h2-11,17,23-24H,1H3/t11-,17?/m1/s1. The van der Waals surface area contributed by atoms with Crippen molar-refractivity contribution in [2.24, 2.45) is 0 Å². The lowest BCUT2D eigenvalue weighted by Gasteiger charge is -2.10. The molecule has 2 aromatic carbocycles. The zero-order valence-electron chi connectivity index (χ0n) is 13.0. The van der Waals surface area contributed by atoms with E-state index in [-0.39, 0.29) is 0 Å². The number of nitrogens with zero attached hydrogens (tertiary/aromatic N) is 4. The van der Waals surface area contributed by atoms with Gasteiger partial charge in [0.25, 0.3) is 0 Å². The molecule has 2 aromatic heterocycles. The molecular weight excluding hydrogens is 304 g/mol. The molecule has 2 N–H and O–H groups in total. The minimum Gasteiger partial charge on any atom is -0.390 e. The van der Waals surface area contributed by atoms with Crippen molar-refractivity contribution in [1.82, 2.24) is 19.7 Å². The van der Waals surface area contributed by atoms with Crippen LogP contribution in [0.15, 0.2) is 54.6 Å². The van der Waals surface area contributed by atoms with Crippen LogP contribution in [0.4, 0.5) is 0 Å². The van der Waals surface area contributed by atoms with E-state index in [0.717, 1.165) is 16.7 Å². The van der Waals surface area contributed by atoms with Crippen molar-refractivity contribution < 1.29 is 10.2 Å². The van der Waals surface area contributed by atoms with Gasteiger partial charge < -0.3 is 10.2 Å². The molecule has 0 fully saturated rings. The van der Waals surface area contributed by atoms with Gasteiger partial charge in [-0.2, -0.15) is 5.10 Å². The Morgan fingerprint density at radius 1 is 0.875 bits per heavy atom. The maximum Gasteiger partial charge on any atom is 0.182 e. The third kappa shape index (κ3) is 2.33. The van der Waals surface area contributed by atoms with E-state index in [1.165, 1.54) is 6.92 Å². The summed E-state index contributed by atoms with van der Waals surface area (Å²) in [6.45, 7) is 1.52. The normalized spacial score (nSPS) is 14.1. The maximum atomic E-state index is 10.3. The Morgan fingerprint density at radius 3 is 2.17 bits per heavy atom. The van der Waals surface area contributed by atoms with Gasteiger partial charge in [0.15, 0.2) is 5.65 Å². The molecule has 0 aliphatic carbocycles. The van der Waals surface area contributed by atoms with Crippen LogP contribution in [0.25, 0.3) is 27.9 Å². The summed E-state index contributed by atoms with van der Waals surface area (Å²) in [5.41, 5.74) is 3.65. The first-order valence-corrected chi connectivity index (χ1v) is 7.72. The number of hydrogen-bond acceptors (Lipinski definition) is 5. The van der Waals surface area contributed by atoms with E-state index in [1.807, 2.05) is 54.6 Å². The van der Waals surface area contributed by atoms with Crippen LogP contribution in [0.5, 0.6) is 0 Å². The van der Waals surface area contributed by atoms with Gasteiger partial charge in [-0.05, 0) is 31.2 Å². The van der Waals surface area contributed by atoms with Crippen molar-refractivity contribution in [1.29, 1.82) is 0 Å². The third-order valence-electron chi connectivity index (χ3n) is 3.94. The van der Waals surface area contributed by atoms with E-state index in [0.29, 0.717) is 16.9 Å². The highest BCUT2D eigenvalue weighted by atomic mass is 16.3. The molecule has 4 rings (SSSR count). The van der Waals surface area contributed by atoms with Crippen LogP contribution in [-0.2, 0) is 0 Å². The van der Waals surface area contributed by atoms with Crippen LogP contribution < -0.4 is 0 Å². The molecule has 6 nitrogen and oxygen atoms in total. The average molecular weight is 320 g/mol. The van der Waals surface area contributed by atoms with Gasteiger partial charge in [0, 0.05) is 0 Å². The van der Waals surface area contributed by atoms with Gasteiger partial charge in [-0.25, -0.2) is 14.6 Å². The van der Waals surface area contributed by atoms with E-state index in [2.05, 4.69) is 15.1 Å². The third-order valence-corrected chi connectivity index (χ3v) is 3.94. The molecule has 6 heteroatoms. The first-order chi connectivity index (χ1) is 11.6. The van der Waals surface area contributed by atoms with Crippen LogP contribution in [0.2, 0.25) is 0 Å². The van der Waals surface area contributed by atoms with Crippen molar-refractivity contribution in [3.63, 3.8) is 0 Å². The fourth-order valence-electron chi connectivity index (χ4n) is 2.69. The molecule has 2 heterocycles. The van der Waals surface area contributed by atoms with Crippen LogP contribution in [-0.4, -0.2) is 36.1 Å². The van der Waals surface area contributed by atoms with Crippen LogP contribution in [0.3, 0.4) is 0 Å². The molecule has 0 aliphatic rings. The van der Waals surface area contributed by atoms with Crippen LogP contribution in [0.1, 0.15) is 18.7 Å². The Morgan fingerprint density at radius 2 is 1.50 bits per heavy atom. The molecule has 24 heavy (non-hydrogen) atoms. The molecular formula is C18H16N4O2. The highest BCUT2D eigenvalue weighted by molar-refractivity contribution is 5.86. The maximum absolute atomic E-state index is 10.3. The fourth-order valence-corrected chi connectivity index (χ4v) is 2.69. The van der Waals surface area contributed by atoms with Crippen molar-refractivity contribution in [2.45, 2.75) is 19.1 Å². The summed E-state index contributed by atoms with van der Waals surface area (Å²) in [6, 6.07) is 17.1. The highest BCUT2D eigenvalue weighted by Gasteiger charge is 2.24. The summed E-state index contributed by atoms with van der Waals surface area (Å²) in [5, 5.41) is 24.6. The topological polar surface area (TPSA) is 84.1 Å². The van der Waals surface area contributed by atoms with Gasteiger partial charge in [-0.1, -0.05) is 30.3 Å². The first-order valence-electron chi connectivity index (χ1n) is 7.72. The summed E-state index contributed by atoms with van der Waals surface area (Å²) < 4.78 is 1.65. The number of para-hydroxylation sites is 3. The lowest BCUT2D eigenvalue weighted by molar-refractivity contribution is 0.0284. The van der Waals surface area contributed by atoms with Gasteiger partial charge >= 0.3 is 0 Å². The number of aliphatic hydroxyl groups is 2. The Balaban J connectivity index is 2.07. The van der Waals surface area contributed by atoms with Gasteiger partial charge in [0.2, 0.25) is 0 Å². The first kappa shape index (κ1) is 14.7. The number of hydrogen-bond donors (Lipinski definition) is 2. The van der Waals surface area contributed by atoms with E-state index < -0.39 is 12.2 Å². The Hall–Kier alpha value is -2.83. The highest BCUT2D eigenvalue weighted by Crippen LogP contribution is 2.27. The van der Waals surface area contributed by atoms with Crippen molar-refractivity contribution in [2.75, 3.05) is 0 Å². The molecule has 0 bridgehead atoms. The van der Waals surface area contributed by atoms with E-state index in [9.17, 15) is 10.2 Å². The summed E-state index contributed by atoms with van der Waals surface area (Å²) in [6.07, 6.45) is -2.09. The van der Waals surface area contributed by atoms with Crippen molar-refractivity contribution in [3.05, 3.63) is 60.3 Å². The van der Waals surface area contributed by atoms with Gasteiger partial charge in [-0.15, -0.1) is 0 Å². The second-order valence-corrected chi connectivity index (χ2v) is 5.70. The molecule has 0 saturated carbocycles. The summed E-state index contributed by atoms with van der Waals surface area (Å²) >= 11 is 0. The predicted octanol–water partition coefficient (Wildman–Crippen LogP) is 2.38. The minimum atomic E-state index is -1.13. The second-order valence-electron chi connectivity index (χ2n) is 5.70. The molecule has 0 spiro atoms. The number of rotatable bonds is 3. The second kappa shape index (κ2) is 5.67. The zero-order valence-corrected chi connectivity index (χ0v) is 13.0. The largest absolute Gasteiger partial charge is 0.390 e. The predicted molar refractivity (Wildman–Crippen MR) is 90.8 cm³/mol. The molecule has 4 aromatic rings. The lowest BCUT2D eigenvalue weighted by atomic mass is 10.1. The SMILES string of the molecule is C[C@@H](O)C(O)c1nn(-c2ccccc2)c2nc3ccccc3nc12. The molecule has 0 saturated heterocycles. The zero-order chi connectivity index (χ0) is 16.7. The van der Waals surface area contributed by atoms with Gasteiger partial charge in [0.05, 0.1) is 22.8 Å². The summed E-state index contributed by atoms with van der Waals surface area (Å²) in [7, 11) is 0.